The summed E-state index contributed by atoms with van der Waals surface area (Å²) < 4.78 is 2.04. The van der Waals surface area contributed by atoms with Crippen LogP contribution in [0, 0.1) is 5.92 Å². The maximum Gasteiger partial charge on any atom is 0.197 e. The van der Waals surface area contributed by atoms with E-state index >= 15 is 0 Å². The lowest BCUT2D eigenvalue weighted by atomic mass is 9.89. The average molecular weight is 394 g/mol. The van der Waals surface area contributed by atoms with Crippen LogP contribution in [-0.2, 0) is 19.9 Å². The third kappa shape index (κ3) is 2.95. The Labute approximate surface area is 165 Å². The Hall–Kier alpha value is -2.25. The summed E-state index contributed by atoms with van der Waals surface area (Å²) in [4.78, 5) is 11.7. The van der Waals surface area contributed by atoms with Crippen molar-refractivity contribution in [2.24, 2.45) is 13.0 Å². The van der Waals surface area contributed by atoms with Gasteiger partial charge in [0.1, 0.15) is 16.2 Å². The SMILES string of the molecule is C[C@@H]1CCc2c(sc3ncnc(Sc4nnc(-c5ccccc5)n4C)c23)C1. The molecule has 5 nitrogen and oxygen atoms in total. The van der Waals surface area contributed by atoms with Crippen LogP contribution in [-0.4, -0.2) is 24.7 Å². The zero-order valence-electron chi connectivity index (χ0n) is 15.2. The molecular weight excluding hydrogens is 374 g/mol. The van der Waals surface area contributed by atoms with Gasteiger partial charge in [-0.1, -0.05) is 37.3 Å². The van der Waals surface area contributed by atoms with Gasteiger partial charge in [0, 0.05) is 22.9 Å². The molecule has 1 aromatic carbocycles. The van der Waals surface area contributed by atoms with E-state index in [9.17, 15) is 0 Å². The summed E-state index contributed by atoms with van der Waals surface area (Å²) >= 11 is 3.41. The highest BCUT2D eigenvalue weighted by Crippen LogP contribution is 2.41. The molecule has 0 radical (unpaired) electrons. The van der Waals surface area contributed by atoms with Crippen molar-refractivity contribution >= 4 is 33.3 Å². The second kappa shape index (κ2) is 6.73. The topological polar surface area (TPSA) is 56.5 Å². The first-order valence-electron chi connectivity index (χ1n) is 9.08. The molecule has 0 amide bonds. The number of aryl methyl sites for hydroxylation is 1. The zero-order valence-corrected chi connectivity index (χ0v) is 16.8. The molecule has 0 N–H and O–H groups in total. The molecule has 5 rings (SSSR count). The van der Waals surface area contributed by atoms with Crippen LogP contribution < -0.4 is 0 Å². The minimum absolute atomic E-state index is 0.752. The maximum absolute atomic E-state index is 4.60. The number of nitrogens with zero attached hydrogens (tertiary/aromatic N) is 5. The molecule has 0 saturated carbocycles. The van der Waals surface area contributed by atoms with Crippen LogP contribution in [0.5, 0.6) is 0 Å². The number of benzene rings is 1. The second-order valence-corrected chi connectivity index (χ2v) is 9.08. The first-order chi connectivity index (χ1) is 13.2. The molecule has 1 aliphatic rings. The zero-order chi connectivity index (χ0) is 18.4. The summed E-state index contributed by atoms with van der Waals surface area (Å²) in [7, 11) is 2.01. The summed E-state index contributed by atoms with van der Waals surface area (Å²) in [5, 5.41) is 11.9. The fraction of sp³-hybridized carbons (Fsp3) is 0.300. The van der Waals surface area contributed by atoms with Crippen molar-refractivity contribution < 1.29 is 0 Å². The lowest BCUT2D eigenvalue weighted by molar-refractivity contribution is 0.509. The van der Waals surface area contributed by atoms with E-state index in [1.807, 2.05) is 41.2 Å². The van der Waals surface area contributed by atoms with Gasteiger partial charge >= 0.3 is 0 Å². The molecule has 0 spiro atoms. The highest BCUT2D eigenvalue weighted by Gasteiger charge is 2.24. The van der Waals surface area contributed by atoms with Gasteiger partial charge in [-0.05, 0) is 42.5 Å². The molecule has 136 valence electrons. The highest BCUT2D eigenvalue weighted by molar-refractivity contribution is 7.99. The first-order valence-corrected chi connectivity index (χ1v) is 10.7. The summed E-state index contributed by atoms with van der Waals surface area (Å²) in [5.41, 5.74) is 2.51. The molecule has 27 heavy (non-hydrogen) atoms. The molecule has 1 atom stereocenters. The smallest absolute Gasteiger partial charge is 0.197 e. The molecular formula is C20H19N5S2. The molecule has 0 unspecified atom stereocenters. The van der Waals surface area contributed by atoms with Crippen molar-refractivity contribution in [1.82, 2.24) is 24.7 Å². The quantitative estimate of drug-likeness (QED) is 0.470. The standard InChI is InChI=1S/C20H19N5S2/c1-12-8-9-14-15(10-12)26-18-16(14)19(22-11-21-18)27-20-24-23-17(25(20)2)13-6-4-3-5-7-13/h3-7,11-12H,8-10H2,1-2H3/t12-/m1/s1. The molecule has 3 aromatic heterocycles. The molecule has 0 aliphatic heterocycles. The van der Waals surface area contributed by atoms with E-state index in [4.69, 9.17) is 0 Å². The molecule has 4 aromatic rings. The summed E-state index contributed by atoms with van der Waals surface area (Å²) in [6.07, 6.45) is 5.18. The van der Waals surface area contributed by atoms with Gasteiger partial charge < -0.3 is 4.57 Å². The Morgan fingerprint density at radius 1 is 1.15 bits per heavy atom. The van der Waals surface area contributed by atoms with E-state index in [0.717, 1.165) is 45.2 Å². The molecule has 0 bridgehead atoms. The summed E-state index contributed by atoms with van der Waals surface area (Å²) in [6, 6.07) is 10.1. The van der Waals surface area contributed by atoms with E-state index in [0.29, 0.717) is 0 Å². The largest absolute Gasteiger partial charge is 0.305 e. The number of fused-ring (bicyclic) bond motifs is 3. The summed E-state index contributed by atoms with van der Waals surface area (Å²) in [6.45, 7) is 2.33. The van der Waals surface area contributed by atoms with Gasteiger partial charge in [0.05, 0.1) is 0 Å². The first kappa shape index (κ1) is 16.9. The van der Waals surface area contributed by atoms with E-state index in [2.05, 4.69) is 39.2 Å². The van der Waals surface area contributed by atoms with Crippen LogP contribution in [0.1, 0.15) is 23.8 Å². The average Bonchev–Trinajstić information content (AvgIpc) is 3.23. The van der Waals surface area contributed by atoms with Gasteiger partial charge in [-0.25, -0.2) is 9.97 Å². The monoisotopic (exact) mass is 393 g/mol. The van der Waals surface area contributed by atoms with E-state index in [1.54, 1.807) is 18.1 Å². The van der Waals surface area contributed by atoms with Crippen LogP contribution in [0.2, 0.25) is 0 Å². The maximum atomic E-state index is 4.60. The van der Waals surface area contributed by atoms with E-state index < -0.39 is 0 Å². The van der Waals surface area contributed by atoms with Crippen molar-refractivity contribution in [2.45, 2.75) is 36.4 Å². The van der Waals surface area contributed by atoms with Crippen LogP contribution in [0.25, 0.3) is 21.6 Å². The Morgan fingerprint density at radius 2 is 2.00 bits per heavy atom. The molecule has 1 aliphatic carbocycles. The molecule has 0 saturated heterocycles. The number of thiophene rings is 1. The third-order valence-corrected chi connectivity index (χ3v) is 7.32. The van der Waals surface area contributed by atoms with Gasteiger partial charge in [-0.15, -0.1) is 21.5 Å². The number of aromatic nitrogens is 5. The van der Waals surface area contributed by atoms with E-state index in [1.165, 1.54) is 22.2 Å². The molecule has 7 heteroatoms. The lowest BCUT2D eigenvalue weighted by Gasteiger charge is -2.18. The number of hydrogen-bond donors (Lipinski definition) is 0. The van der Waals surface area contributed by atoms with Crippen molar-refractivity contribution in [1.29, 1.82) is 0 Å². The van der Waals surface area contributed by atoms with Crippen molar-refractivity contribution in [3.8, 4) is 11.4 Å². The van der Waals surface area contributed by atoms with Gasteiger partial charge in [0.2, 0.25) is 0 Å². The minimum atomic E-state index is 0.752. The summed E-state index contributed by atoms with van der Waals surface area (Å²) in [5.74, 6) is 1.62. The third-order valence-electron chi connectivity index (χ3n) is 5.11. The van der Waals surface area contributed by atoms with Gasteiger partial charge in [0.15, 0.2) is 11.0 Å². The lowest BCUT2D eigenvalue weighted by Crippen LogP contribution is -2.08. The molecule has 3 heterocycles. The second-order valence-electron chi connectivity index (χ2n) is 7.04. The van der Waals surface area contributed by atoms with Gasteiger partial charge in [-0.3, -0.25) is 0 Å². The van der Waals surface area contributed by atoms with Crippen LogP contribution >= 0.6 is 23.1 Å². The van der Waals surface area contributed by atoms with Crippen LogP contribution in [0.4, 0.5) is 0 Å². The van der Waals surface area contributed by atoms with E-state index in [-0.39, 0.29) is 0 Å². The van der Waals surface area contributed by atoms with Crippen LogP contribution in [0.15, 0.2) is 46.8 Å². The Balaban J connectivity index is 1.55. The van der Waals surface area contributed by atoms with Gasteiger partial charge in [0.25, 0.3) is 0 Å². The Bertz CT molecular complexity index is 1120. The fourth-order valence-corrected chi connectivity index (χ4v) is 5.97. The Morgan fingerprint density at radius 3 is 2.85 bits per heavy atom. The van der Waals surface area contributed by atoms with Crippen molar-refractivity contribution in [2.75, 3.05) is 0 Å². The highest BCUT2D eigenvalue weighted by atomic mass is 32.2. The fourth-order valence-electron chi connectivity index (χ4n) is 3.65. The molecule has 0 fully saturated rings. The Kier molecular flexibility index (Phi) is 4.21. The van der Waals surface area contributed by atoms with Crippen molar-refractivity contribution in [3.63, 3.8) is 0 Å². The normalized spacial score (nSPS) is 16.6. The predicted octanol–water partition coefficient (Wildman–Crippen LogP) is 4.76. The van der Waals surface area contributed by atoms with Crippen LogP contribution in [0.3, 0.4) is 0 Å². The number of rotatable bonds is 3. The minimum Gasteiger partial charge on any atom is -0.305 e. The van der Waals surface area contributed by atoms with Crippen molar-refractivity contribution in [3.05, 3.63) is 47.1 Å². The van der Waals surface area contributed by atoms with Gasteiger partial charge in [-0.2, -0.15) is 0 Å². The number of hydrogen-bond acceptors (Lipinski definition) is 6. The predicted molar refractivity (Wildman–Crippen MR) is 109 cm³/mol.